The van der Waals surface area contributed by atoms with E-state index in [2.05, 4.69) is 25.2 Å². The summed E-state index contributed by atoms with van der Waals surface area (Å²) < 4.78 is 5.42. The fourth-order valence-electron chi connectivity index (χ4n) is 2.75. The summed E-state index contributed by atoms with van der Waals surface area (Å²) in [5.74, 6) is -0.346. The predicted octanol–water partition coefficient (Wildman–Crippen LogP) is 5.92. The zero-order valence-electron chi connectivity index (χ0n) is 15.6. The van der Waals surface area contributed by atoms with Crippen molar-refractivity contribution in [2.75, 3.05) is 11.9 Å². The van der Waals surface area contributed by atoms with Gasteiger partial charge in [-0.25, -0.2) is 4.79 Å². The van der Waals surface area contributed by atoms with Crippen LogP contribution in [0.4, 0.5) is 11.4 Å². The van der Waals surface area contributed by atoms with Gasteiger partial charge in [-0.15, -0.1) is 0 Å². The van der Waals surface area contributed by atoms with Gasteiger partial charge >= 0.3 is 5.97 Å². The van der Waals surface area contributed by atoms with Gasteiger partial charge in [-0.05, 0) is 54.8 Å². The van der Waals surface area contributed by atoms with E-state index in [4.69, 9.17) is 4.74 Å². The van der Waals surface area contributed by atoms with Gasteiger partial charge in [-0.3, -0.25) is 0 Å². The standard InChI is InChI=1S/C24H23NO2/c1-18-10-8-16-22(19(18)2)25-23-15-7-6-14-21(23)24(26)27-17-9-13-20-11-4-3-5-12-20/h3-16,25H,17H2,1-2H3/b13-9+. The van der Waals surface area contributed by atoms with E-state index in [0.29, 0.717) is 5.56 Å². The van der Waals surface area contributed by atoms with Crippen LogP contribution >= 0.6 is 0 Å². The van der Waals surface area contributed by atoms with Gasteiger partial charge in [0, 0.05) is 5.69 Å². The second-order valence-electron chi connectivity index (χ2n) is 6.33. The summed E-state index contributed by atoms with van der Waals surface area (Å²) >= 11 is 0. The molecule has 0 unspecified atom stereocenters. The van der Waals surface area contributed by atoms with Gasteiger partial charge in [0.2, 0.25) is 0 Å². The Morgan fingerprint density at radius 2 is 1.59 bits per heavy atom. The lowest BCUT2D eigenvalue weighted by molar-refractivity contribution is 0.0551. The predicted molar refractivity (Wildman–Crippen MR) is 111 cm³/mol. The van der Waals surface area contributed by atoms with Crippen molar-refractivity contribution in [2.45, 2.75) is 13.8 Å². The molecule has 3 aromatic carbocycles. The molecule has 136 valence electrons. The van der Waals surface area contributed by atoms with Crippen LogP contribution in [0.25, 0.3) is 6.08 Å². The van der Waals surface area contributed by atoms with E-state index >= 15 is 0 Å². The monoisotopic (exact) mass is 357 g/mol. The Balaban J connectivity index is 1.68. The second-order valence-corrected chi connectivity index (χ2v) is 6.33. The molecular formula is C24H23NO2. The molecule has 0 atom stereocenters. The molecule has 0 radical (unpaired) electrons. The van der Waals surface area contributed by atoms with Crippen molar-refractivity contribution in [3.63, 3.8) is 0 Å². The number of carbonyl (C=O) groups is 1. The summed E-state index contributed by atoms with van der Waals surface area (Å²) in [4.78, 5) is 12.5. The van der Waals surface area contributed by atoms with Crippen LogP contribution in [0.2, 0.25) is 0 Å². The van der Waals surface area contributed by atoms with Gasteiger partial charge in [0.15, 0.2) is 0 Å². The molecule has 0 saturated heterocycles. The summed E-state index contributed by atoms with van der Waals surface area (Å²) in [5.41, 5.74) is 5.68. The summed E-state index contributed by atoms with van der Waals surface area (Å²) in [6.07, 6.45) is 3.78. The van der Waals surface area contributed by atoms with E-state index in [1.807, 2.05) is 72.8 Å². The van der Waals surface area contributed by atoms with Crippen molar-refractivity contribution in [1.82, 2.24) is 0 Å². The molecule has 3 aromatic rings. The van der Waals surface area contributed by atoms with E-state index in [0.717, 1.165) is 22.5 Å². The van der Waals surface area contributed by atoms with E-state index < -0.39 is 0 Å². The van der Waals surface area contributed by atoms with Gasteiger partial charge in [-0.1, -0.05) is 60.7 Å². The van der Waals surface area contributed by atoms with Crippen LogP contribution in [0.1, 0.15) is 27.0 Å². The van der Waals surface area contributed by atoms with Crippen molar-refractivity contribution < 1.29 is 9.53 Å². The Hall–Kier alpha value is -3.33. The van der Waals surface area contributed by atoms with E-state index in [1.54, 1.807) is 6.07 Å². The lowest BCUT2D eigenvalue weighted by Crippen LogP contribution is -2.08. The van der Waals surface area contributed by atoms with Crippen LogP contribution in [-0.4, -0.2) is 12.6 Å². The quantitative estimate of drug-likeness (QED) is 0.557. The van der Waals surface area contributed by atoms with Gasteiger partial charge in [0.05, 0.1) is 11.3 Å². The number of rotatable bonds is 6. The average molecular weight is 357 g/mol. The maximum Gasteiger partial charge on any atom is 0.340 e. The minimum atomic E-state index is -0.346. The third-order valence-electron chi connectivity index (χ3n) is 4.44. The Bertz CT molecular complexity index is 946. The first kappa shape index (κ1) is 18.5. The first-order valence-corrected chi connectivity index (χ1v) is 8.96. The van der Waals surface area contributed by atoms with E-state index in [-0.39, 0.29) is 12.6 Å². The number of para-hydroxylation sites is 1. The maximum absolute atomic E-state index is 12.5. The molecule has 0 aliphatic heterocycles. The highest BCUT2D eigenvalue weighted by molar-refractivity contribution is 5.96. The summed E-state index contributed by atoms with van der Waals surface area (Å²) in [6, 6.07) is 23.4. The Kier molecular flexibility index (Phi) is 6.06. The van der Waals surface area contributed by atoms with Gasteiger partial charge in [0.1, 0.15) is 6.61 Å². The van der Waals surface area contributed by atoms with Crippen molar-refractivity contribution in [2.24, 2.45) is 0 Å². The Morgan fingerprint density at radius 3 is 2.41 bits per heavy atom. The van der Waals surface area contributed by atoms with Crippen LogP contribution < -0.4 is 5.32 Å². The lowest BCUT2D eigenvalue weighted by atomic mass is 10.1. The topological polar surface area (TPSA) is 38.3 Å². The third kappa shape index (κ3) is 4.85. The average Bonchev–Trinajstić information content (AvgIpc) is 2.70. The third-order valence-corrected chi connectivity index (χ3v) is 4.44. The molecule has 0 fully saturated rings. The number of anilines is 2. The highest BCUT2D eigenvalue weighted by atomic mass is 16.5. The second kappa shape index (κ2) is 8.86. The van der Waals surface area contributed by atoms with E-state index in [1.165, 1.54) is 5.56 Å². The van der Waals surface area contributed by atoms with Crippen molar-refractivity contribution in [3.05, 3.63) is 101 Å². The first-order valence-electron chi connectivity index (χ1n) is 8.96. The number of esters is 1. The highest BCUT2D eigenvalue weighted by Gasteiger charge is 2.13. The number of hydrogen-bond donors (Lipinski definition) is 1. The molecule has 0 bridgehead atoms. The van der Waals surface area contributed by atoms with Crippen LogP contribution in [0, 0.1) is 13.8 Å². The molecule has 3 heteroatoms. The summed E-state index contributed by atoms with van der Waals surface area (Å²) in [6.45, 7) is 4.36. The lowest BCUT2D eigenvalue weighted by Gasteiger charge is -2.14. The molecule has 0 aliphatic carbocycles. The van der Waals surface area contributed by atoms with Crippen LogP contribution in [0.15, 0.2) is 78.9 Å². The molecule has 0 aliphatic rings. The zero-order valence-corrected chi connectivity index (χ0v) is 15.6. The van der Waals surface area contributed by atoms with Crippen LogP contribution in [0.3, 0.4) is 0 Å². The number of hydrogen-bond acceptors (Lipinski definition) is 3. The molecule has 0 spiro atoms. The van der Waals surface area contributed by atoms with E-state index in [9.17, 15) is 4.79 Å². The molecular weight excluding hydrogens is 334 g/mol. The van der Waals surface area contributed by atoms with Gasteiger partial charge in [-0.2, -0.15) is 0 Å². The fraction of sp³-hybridized carbons (Fsp3) is 0.125. The first-order chi connectivity index (χ1) is 13.1. The molecule has 0 heterocycles. The molecule has 3 rings (SSSR count). The molecule has 1 N–H and O–H groups in total. The van der Waals surface area contributed by atoms with Gasteiger partial charge in [0.25, 0.3) is 0 Å². The molecule has 27 heavy (non-hydrogen) atoms. The number of aryl methyl sites for hydroxylation is 1. The molecule has 0 amide bonds. The van der Waals surface area contributed by atoms with Crippen LogP contribution in [-0.2, 0) is 4.74 Å². The maximum atomic E-state index is 12.5. The summed E-state index contributed by atoms with van der Waals surface area (Å²) in [7, 11) is 0. The smallest absolute Gasteiger partial charge is 0.340 e. The molecule has 3 nitrogen and oxygen atoms in total. The van der Waals surface area contributed by atoms with Crippen molar-refractivity contribution >= 4 is 23.4 Å². The molecule has 0 saturated carbocycles. The summed E-state index contributed by atoms with van der Waals surface area (Å²) in [5, 5.41) is 3.36. The minimum Gasteiger partial charge on any atom is -0.458 e. The zero-order chi connectivity index (χ0) is 19.1. The van der Waals surface area contributed by atoms with Crippen molar-refractivity contribution in [3.8, 4) is 0 Å². The van der Waals surface area contributed by atoms with Crippen LogP contribution in [0.5, 0.6) is 0 Å². The number of nitrogens with one attached hydrogen (secondary N) is 1. The fourth-order valence-corrected chi connectivity index (χ4v) is 2.75. The number of carbonyl (C=O) groups excluding carboxylic acids is 1. The SMILES string of the molecule is Cc1cccc(Nc2ccccc2C(=O)OC/C=C/c2ccccc2)c1C. The Morgan fingerprint density at radius 1 is 0.889 bits per heavy atom. The Labute approximate surface area is 160 Å². The minimum absolute atomic E-state index is 0.228. The highest BCUT2D eigenvalue weighted by Crippen LogP contribution is 2.25. The normalized spacial score (nSPS) is 10.7. The number of ether oxygens (including phenoxy) is 1. The molecule has 0 aromatic heterocycles. The number of benzene rings is 3. The van der Waals surface area contributed by atoms with Crippen molar-refractivity contribution in [1.29, 1.82) is 0 Å². The largest absolute Gasteiger partial charge is 0.458 e. The van der Waals surface area contributed by atoms with Gasteiger partial charge < -0.3 is 10.1 Å².